The number of pyridine rings is 1. The van der Waals surface area contributed by atoms with Gasteiger partial charge in [0.25, 0.3) is 0 Å². The first kappa shape index (κ1) is 13.6. The Morgan fingerprint density at radius 3 is 2.56 bits per heavy atom. The molecule has 1 aromatic heterocycles. The summed E-state index contributed by atoms with van der Waals surface area (Å²) in [6.45, 7) is 2.15. The van der Waals surface area contributed by atoms with Crippen LogP contribution in [0.5, 0.6) is 0 Å². The Hall–Kier alpha value is -0.840. The summed E-state index contributed by atoms with van der Waals surface area (Å²) >= 11 is 5.17. The molecule has 2 aromatic rings. The highest BCUT2D eigenvalue weighted by Gasteiger charge is 2.05. The lowest BCUT2D eigenvalue weighted by Gasteiger charge is -2.11. The van der Waals surface area contributed by atoms with Gasteiger partial charge in [-0.15, -0.1) is 0 Å². The van der Waals surface area contributed by atoms with Gasteiger partial charge in [0, 0.05) is 17.1 Å². The summed E-state index contributed by atoms with van der Waals surface area (Å²) in [7, 11) is 1.97. The molecule has 0 amide bonds. The van der Waals surface area contributed by atoms with E-state index in [0.29, 0.717) is 6.04 Å². The summed E-state index contributed by atoms with van der Waals surface area (Å²) in [5.74, 6) is 0. The van der Waals surface area contributed by atoms with Crippen molar-refractivity contribution in [2.45, 2.75) is 22.9 Å². The Kier molecular flexibility index (Phi) is 4.80. The molecule has 0 aliphatic heterocycles. The van der Waals surface area contributed by atoms with Gasteiger partial charge in [-0.25, -0.2) is 4.98 Å². The van der Waals surface area contributed by atoms with E-state index in [1.807, 2.05) is 25.4 Å². The predicted molar refractivity (Wildman–Crippen MR) is 80.0 cm³/mol. The molecule has 1 heterocycles. The monoisotopic (exact) mass is 322 g/mol. The lowest BCUT2D eigenvalue weighted by molar-refractivity contribution is 0.652. The standard InChI is InChI=1S/C14H15BrN2S/c1-10(16-2)11-5-7-12(8-6-11)18-14-13(15)4-3-9-17-14/h3-10,16H,1-2H3. The summed E-state index contributed by atoms with van der Waals surface area (Å²) in [4.78, 5) is 5.55. The van der Waals surface area contributed by atoms with E-state index in [0.717, 1.165) is 9.50 Å². The number of halogens is 1. The molecule has 0 spiro atoms. The molecule has 2 nitrogen and oxygen atoms in total. The molecule has 4 heteroatoms. The van der Waals surface area contributed by atoms with Crippen LogP contribution in [0.1, 0.15) is 18.5 Å². The van der Waals surface area contributed by atoms with E-state index in [1.165, 1.54) is 10.5 Å². The number of hydrogen-bond acceptors (Lipinski definition) is 3. The Balaban J connectivity index is 2.14. The second-order valence-corrected chi connectivity index (χ2v) is 5.89. The van der Waals surface area contributed by atoms with Crippen molar-refractivity contribution >= 4 is 27.7 Å². The SMILES string of the molecule is CNC(C)c1ccc(Sc2ncccc2Br)cc1. The summed E-state index contributed by atoms with van der Waals surface area (Å²) in [6.07, 6.45) is 1.81. The van der Waals surface area contributed by atoms with Crippen LogP contribution in [-0.2, 0) is 0 Å². The molecule has 0 aliphatic rings. The van der Waals surface area contributed by atoms with Gasteiger partial charge < -0.3 is 5.32 Å². The number of rotatable bonds is 4. The van der Waals surface area contributed by atoms with Crippen molar-refractivity contribution < 1.29 is 0 Å². The molecule has 0 fully saturated rings. The zero-order valence-electron chi connectivity index (χ0n) is 10.4. The lowest BCUT2D eigenvalue weighted by atomic mass is 10.1. The van der Waals surface area contributed by atoms with E-state index < -0.39 is 0 Å². The second kappa shape index (κ2) is 6.36. The van der Waals surface area contributed by atoms with E-state index in [-0.39, 0.29) is 0 Å². The fraction of sp³-hybridized carbons (Fsp3) is 0.214. The molecule has 18 heavy (non-hydrogen) atoms. The van der Waals surface area contributed by atoms with Crippen molar-refractivity contribution in [3.05, 3.63) is 52.6 Å². The van der Waals surface area contributed by atoms with Crippen LogP contribution in [0.15, 0.2) is 57.0 Å². The minimum Gasteiger partial charge on any atom is -0.313 e. The van der Waals surface area contributed by atoms with Crippen molar-refractivity contribution in [1.29, 1.82) is 0 Å². The number of benzene rings is 1. The minimum absolute atomic E-state index is 0.380. The highest BCUT2D eigenvalue weighted by molar-refractivity contribution is 9.10. The highest BCUT2D eigenvalue weighted by atomic mass is 79.9. The topological polar surface area (TPSA) is 24.9 Å². The molecule has 1 N–H and O–H groups in total. The molecule has 0 saturated heterocycles. The van der Waals surface area contributed by atoms with E-state index in [1.54, 1.807) is 11.8 Å². The molecule has 94 valence electrons. The molecule has 0 bridgehead atoms. The van der Waals surface area contributed by atoms with Gasteiger partial charge in [-0.05, 0) is 59.7 Å². The first-order valence-corrected chi connectivity index (χ1v) is 7.37. The fourth-order valence-electron chi connectivity index (χ4n) is 1.55. The predicted octanol–water partition coefficient (Wildman–Crippen LogP) is 4.28. The second-order valence-electron chi connectivity index (χ2n) is 3.97. The van der Waals surface area contributed by atoms with Crippen LogP contribution in [0.4, 0.5) is 0 Å². The van der Waals surface area contributed by atoms with Crippen LogP contribution < -0.4 is 5.32 Å². The first-order chi connectivity index (χ1) is 8.70. The largest absolute Gasteiger partial charge is 0.313 e. The van der Waals surface area contributed by atoms with E-state index in [2.05, 4.69) is 57.4 Å². The van der Waals surface area contributed by atoms with E-state index in [9.17, 15) is 0 Å². The highest BCUT2D eigenvalue weighted by Crippen LogP contribution is 2.31. The molecule has 2 rings (SSSR count). The molecular formula is C14H15BrN2S. The normalized spacial score (nSPS) is 12.4. The van der Waals surface area contributed by atoms with Crippen molar-refractivity contribution in [3.8, 4) is 0 Å². The number of nitrogens with zero attached hydrogens (tertiary/aromatic N) is 1. The summed E-state index contributed by atoms with van der Waals surface area (Å²) < 4.78 is 1.03. The third-order valence-electron chi connectivity index (χ3n) is 2.75. The van der Waals surface area contributed by atoms with Crippen LogP contribution in [0.3, 0.4) is 0 Å². The average molecular weight is 323 g/mol. The van der Waals surface area contributed by atoms with Crippen molar-refractivity contribution in [2.75, 3.05) is 7.05 Å². The van der Waals surface area contributed by atoms with Gasteiger partial charge in [-0.1, -0.05) is 23.9 Å². The Morgan fingerprint density at radius 2 is 1.94 bits per heavy atom. The number of aromatic nitrogens is 1. The van der Waals surface area contributed by atoms with Gasteiger partial charge in [0.05, 0.1) is 4.47 Å². The van der Waals surface area contributed by atoms with Gasteiger partial charge in [0.2, 0.25) is 0 Å². The van der Waals surface area contributed by atoms with Crippen LogP contribution >= 0.6 is 27.7 Å². The Labute approximate surface area is 120 Å². The van der Waals surface area contributed by atoms with Gasteiger partial charge in [0.1, 0.15) is 5.03 Å². The van der Waals surface area contributed by atoms with Crippen LogP contribution in [0, 0.1) is 0 Å². The first-order valence-electron chi connectivity index (χ1n) is 5.76. The summed E-state index contributed by atoms with van der Waals surface area (Å²) in [5.41, 5.74) is 1.29. The van der Waals surface area contributed by atoms with Gasteiger partial charge >= 0.3 is 0 Å². The molecule has 0 saturated carbocycles. The maximum Gasteiger partial charge on any atom is 0.115 e. The molecule has 0 radical (unpaired) electrons. The molecule has 1 unspecified atom stereocenters. The Bertz CT molecular complexity index is 513. The lowest BCUT2D eigenvalue weighted by Crippen LogP contribution is -2.11. The van der Waals surface area contributed by atoms with Crippen LogP contribution in [-0.4, -0.2) is 12.0 Å². The average Bonchev–Trinajstić information content (AvgIpc) is 2.41. The maximum atomic E-state index is 4.35. The van der Waals surface area contributed by atoms with E-state index >= 15 is 0 Å². The van der Waals surface area contributed by atoms with Crippen molar-refractivity contribution in [2.24, 2.45) is 0 Å². The summed E-state index contributed by atoms with van der Waals surface area (Å²) in [6, 6.07) is 12.9. The smallest absolute Gasteiger partial charge is 0.115 e. The molecular weight excluding hydrogens is 308 g/mol. The zero-order chi connectivity index (χ0) is 13.0. The van der Waals surface area contributed by atoms with Gasteiger partial charge in [-0.3, -0.25) is 0 Å². The Morgan fingerprint density at radius 1 is 1.22 bits per heavy atom. The molecule has 1 atom stereocenters. The van der Waals surface area contributed by atoms with Gasteiger partial charge in [0.15, 0.2) is 0 Å². The van der Waals surface area contributed by atoms with Crippen LogP contribution in [0.25, 0.3) is 0 Å². The third-order valence-corrected chi connectivity index (χ3v) is 4.68. The maximum absolute atomic E-state index is 4.35. The third kappa shape index (κ3) is 3.34. The fourth-order valence-corrected chi connectivity index (χ4v) is 2.82. The van der Waals surface area contributed by atoms with Gasteiger partial charge in [-0.2, -0.15) is 0 Å². The van der Waals surface area contributed by atoms with E-state index in [4.69, 9.17) is 0 Å². The summed E-state index contributed by atoms with van der Waals surface area (Å²) in [5, 5.41) is 4.23. The minimum atomic E-state index is 0.380. The number of nitrogens with one attached hydrogen (secondary N) is 1. The quantitative estimate of drug-likeness (QED) is 0.909. The molecule has 1 aromatic carbocycles. The molecule has 0 aliphatic carbocycles. The number of hydrogen-bond donors (Lipinski definition) is 1. The van der Waals surface area contributed by atoms with Crippen molar-refractivity contribution in [3.63, 3.8) is 0 Å². The zero-order valence-corrected chi connectivity index (χ0v) is 12.8. The van der Waals surface area contributed by atoms with Crippen molar-refractivity contribution in [1.82, 2.24) is 10.3 Å². The van der Waals surface area contributed by atoms with Crippen LogP contribution in [0.2, 0.25) is 0 Å².